The Bertz CT molecular complexity index is 952. The third kappa shape index (κ3) is 3.19. The number of likely N-dealkylation sites (tertiary alicyclic amines) is 1. The highest BCUT2D eigenvalue weighted by molar-refractivity contribution is 6.30. The highest BCUT2D eigenvalue weighted by Gasteiger charge is 2.26. The predicted molar refractivity (Wildman–Crippen MR) is 107 cm³/mol. The molecule has 4 heteroatoms. The molecule has 3 nitrogen and oxygen atoms in total. The van der Waals surface area contributed by atoms with Crippen LogP contribution in [0.1, 0.15) is 36.5 Å². The molecule has 132 valence electrons. The van der Waals surface area contributed by atoms with E-state index >= 15 is 0 Å². The number of piperidine rings is 1. The molecule has 26 heavy (non-hydrogen) atoms. The molecule has 0 aliphatic carbocycles. The van der Waals surface area contributed by atoms with Crippen molar-refractivity contribution < 1.29 is 4.79 Å². The molecule has 2 aromatic carbocycles. The number of amides is 1. The molecule has 4 rings (SSSR count). The minimum atomic E-state index is 0.103. The summed E-state index contributed by atoms with van der Waals surface area (Å²) < 4.78 is 0. The molecule has 0 spiro atoms. The summed E-state index contributed by atoms with van der Waals surface area (Å²) in [6, 6.07) is 17.7. The molecule has 1 saturated heterocycles. The Morgan fingerprint density at radius 3 is 2.65 bits per heavy atom. The second-order valence-electron chi connectivity index (χ2n) is 6.92. The van der Waals surface area contributed by atoms with E-state index in [4.69, 9.17) is 16.6 Å². The molecule has 0 saturated carbocycles. The van der Waals surface area contributed by atoms with E-state index < -0.39 is 0 Å². The summed E-state index contributed by atoms with van der Waals surface area (Å²) in [5, 5.41) is 1.60. The van der Waals surface area contributed by atoms with Crippen LogP contribution < -0.4 is 0 Å². The number of halogens is 1. The fraction of sp³-hybridized carbons (Fsp3) is 0.273. The smallest absolute Gasteiger partial charge is 0.254 e. The van der Waals surface area contributed by atoms with Crippen LogP contribution in [-0.2, 0) is 0 Å². The van der Waals surface area contributed by atoms with Crippen LogP contribution in [0.25, 0.3) is 22.2 Å². The van der Waals surface area contributed by atoms with Gasteiger partial charge >= 0.3 is 0 Å². The molecule has 0 unspecified atom stereocenters. The van der Waals surface area contributed by atoms with Crippen molar-refractivity contribution in [2.45, 2.75) is 32.2 Å². The first kappa shape index (κ1) is 17.0. The van der Waals surface area contributed by atoms with Crippen LogP contribution in [0.2, 0.25) is 5.02 Å². The minimum Gasteiger partial charge on any atom is -0.336 e. The monoisotopic (exact) mass is 364 g/mol. The fourth-order valence-corrected chi connectivity index (χ4v) is 3.80. The van der Waals surface area contributed by atoms with Crippen molar-refractivity contribution in [3.05, 3.63) is 65.2 Å². The lowest BCUT2D eigenvalue weighted by atomic mass is 9.99. The van der Waals surface area contributed by atoms with E-state index in [1.807, 2.05) is 59.5 Å². The van der Waals surface area contributed by atoms with E-state index in [2.05, 4.69) is 6.92 Å². The third-order valence-electron chi connectivity index (χ3n) is 5.15. The number of para-hydroxylation sites is 1. The van der Waals surface area contributed by atoms with Gasteiger partial charge in [-0.2, -0.15) is 0 Å². The van der Waals surface area contributed by atoms with Crippen LogP contribution in [0, 0.1) is 0 Å². The normalized spacial score (nSPS) is 17.5. The van der Waals surface area contributed by atoms with E-state index in [1.54, 1.807) is 0 Å². The van der Waals surface area contributed by atoms with Gasteiger partial charge in [0.15, 0.2) is 0 Å². The van der Waals surface area contributed by atoms with Gasteiger partial charge in [-0.05, 0) is 50.5 Å². The highest BCUT2D eigenvalue weighted by atomic mass is 35.5. The first-order valence-electron chi connectivity index (χ1n) is 9.10. The fourth-order valence-electron chi connectivity index (χ4n) is 3.68. The Labute approximate surface area is 158 Å². The molecule has 1 aliphatic heterocycles. The number of rotatable bonds is 2. The summed E-state index contributed by atoms with van der Waals surface area (Å²) in [6.07, 6.45) is 3.33. The van der Waals surface area contributed by atoms with Crippen LogP contribution in [0.4, 0.5) is 0 Å². The number of aromatic nitrogens is 1. The zero-order valence-electron chi connectivity index (χ0n) is 14.8. The van der Waals surface area contributed by atoms with Gasteiger partial charge in [0.1, 0.15) is 0 Å². The topological polar surface area (TPSA) is 33.2 Å². The summed E-state index contributed by atoms with van der Waals surface area (Å²) >= 11 is 6.01. The predicted octanol–water partition coefficient (Wildman–Crippen LogP) is 5.57. The maximum atomic E-state index is 13.3. The average Bonchev–Trinajstić information content (AvgIpc) is 2.67. The van der Waals surface area contributed by atoms with Crippen molar-refractivity contribution in [2.75, 3.05) is 6.54 Å². The molecule has 1 atom stereocenters. The molecule has 1 aromatic heterocycles. The summed E-state index contributed by atoms with van der Waals surface area (Å²) in [5.41, 5.74) is 3.33. The highest BCUT2D eigenvalue weighted by Crippen LogP contribution is 2.28. The molecule has 0 bridgehead atoms. The van der Waals surface area contributed by atoms with Crippen molar-refractivity contribution in [1.82, 2.24) is 9.88 Å². The molecule has 3 aromatic rings. The Morgan fingerprint density at radius 1 is 1.12 bits per heavy atom. The molecular formula is C22H21ClN2O. The SMILES string of the molecule is C[C@@H]1CCCCN1C(=O)c1cc(-c2ccc(Cl)cc2)nc2ccccc12. The van der Waals surface area contributed by atoms with E-state index in [1.165, 1.54) is 6.42 Å². The largest absolute Gasteiger partial charge is 0.336 e. The lowest BCUT2D eigenvalue weighted by Gasteiger charge is -2.33. The van der Waals surface area contributed by atoms with Gasteiger partial charge < -0.3 is 4.90 Å². The summed E-state index contributed by atoms with van der Waals surface area (Å²) in [4.78, 5) is 20.1. The van der Waals surface area contributed by atoms with Gasteiger partial charge in [0, 0.05) is 28.6 Å². The Balaban J connectivity index is 1.84. The Kier molecular flexibility index (Phi) is 4.64. The van der Waals surface area contributed by atoms with Crippen LogP contribution >= 0.6 is 11.6 Å². The first-order valence-corrected chi connectivity index (χ1v) is 9.48. The van der Waals surface area contributed by atoms with Gasteiger partial charge in [0.2, 0.25) is 0 Å². The molecule has 1 aliphatic rings. The van der Waals surface area contributed by atoms with Gasteiger partial charge in [-0.15, -0.1) is 0 Å². The number of hydrogen-bond acceptors (Lipinski definition) is 2. The van der Waals surface area contributed by atoms with Crippen molar-refractivity contribution in [3.8, 4) is 11.3 Å². The number of carbonyl (C=O) groups excluding carboxylic acids is 1. The molecule has 1 amide bonds. The van der Waals surface area contributed by atoms with Crippen LogP contribution in [0.5, 0.6) is 0 Å². The van der Waals surface area contributed by atoms with Crippen molar-refractivity contribution in [1.29, 1.82) is 0 Å². The van der Waals surface area contributed by atoms with Gasteiger partial charge in [0.25, 0.3) is 5.91 Å². The maximum absolute atomic E-state index is 13.3. The van der Waals surface area contributed by atoms with Crippen LogP contribution in [-0.4, -0.2) is 28.4 Å². The zero-order valence-corrected chi connectivity index (χ0v) is 15.5. The van der Waals surface area contributed by atoms with E-state index in [0.29, 0.717) is 5.02 Å². The molecule has 0 N–H and O–H groups in total. The number of hydrogen-bond donors (Lipinski definition) is 0. The van der Waals surface area contributed by atoms with E-state index in [-0.39, 0.29) is 11.9 Å². The van der Waals surface area contributed by atoms with Gasteiger partial charge in [-0.1, -0.05) is 41.9 Å². The molecule has 2 heterocycles. The second kappa shape index (κ2) is 7.08. The van der Waals surface area contributed by atoms with Crippen molar-refractivity contribution in [3.63, 3.8) is 0 Å². The van der Waals surface area contributed by atoms with Crippen LogP contribution in [0.3, 0.4) is 0 Å². The van der Waals surface area contributed by atoms with Crippen LogP contribution in [0.15, 0.2) is 54.6 Å². The van der Waals surface area contributed by atoms with E-state index in [0.717, 1.165) is 47.1 Å². The summed E-state index contributed by atoms with van der Waals surface area (Å²) in [7, 11) is 0. The lowest BCUT2D eigenvalue weighted by Crippen LogP contribution is -2.42. The van der Waals surface area contributed by atoms with E-state index in [9.17, 15) is 4.79 Å². The standard InChI is InChI=1S/C22H21ClN2O/c1-15-6-4-5-13-25(15)22(26)19-14-21(16-9-11-17(23)12-10-16)24-20-8-3-2-7-18(19)20/h2-3,7-12,14-15H,4-6,13H2,1H3/t15-/m1/s1. The maximum Gasteiger partial charge on any atom is 0.254 e. The van der Waals surface area contributed by atoms with Gasteiger partial charge in [0.05, 0.1) is 16.8 Å². The first-order chi connectivity index (χ1) is 12.6. The van der Waals surface area contributed by atoms with Gasteiger partial charge in [-0.3, -0.25) is 4.79 Å². The van der Waals surface area contributed by atoms with Gasteiger partial charge in [-0.25, -0.2) is 4.98 Å². The second-order valence-corrected chi connectivity index (χ2v) is 7.36. The lowest BCUT2D eigenvalue weighted by molar-refractivity contribution is 0.0637. The average molecular weight is 365 g/mol. The molecule has 1 fully saturated rings. The number of pyridine rings is 1. The molecule has 0 radical (unpaired) electrons. The Morgan fingerprint density at radius 2 is 1.88 bits per heavy atom. The summed E-state index contributed by atoms with van der Waals surface area (Å²) in [6.45, 7) is 2.97. The molecular weight excluding hydrogens is 344 g/mol. The third-order valence-corrected chi connectivity index (χ3v) is 5.40. The summed E-state index contributed by atoms with van der Waals surface area (Å²) in [5.74, 6) is 0.103. The quantitative estimate of drug-likeness (QED) is 0.595. The zero-order chi connectivity index (χ0) is 18.1. The Hall–Kier alpha value is -2.39. The van der Waals surface area contributed by atoms with Crippen molar-refractivity contribution >= 4 is 28.4 Å². The number of benzene rings is 2. The number of carbonyl (C=O) groups is 1. The minimum absolute atomic E-state index is 0.103. The van der Waals surface area contributed by atoms with Crippen molar-refractivity contribution in [2.24, 2.45) is 0 Å². The number of nitrogens with zero attached hydrogens (tertiary/aromatic N) is 2. The number of fused-ring (bicyclic) bond motifs is 1.